The first-order chi connectivity index (χ1) is 10.0. The lowest BCUT2D eigenvalue weighted by Crippen LogP contribution is -2.29. The SMILES string of the molecule is Cc1cccc(CCC(C)N[C@H](C)c2ccc(Cl)cc2)c1. The van der Waals surface area contributed by atoms with Crippen molar-refractivity contribution in [2.75, 3.05) is 0 Å². The first kappa shape index (κ1) is 16.1. The Morgan fingerprint density at radius 3 is 2.43 bits per heavy atom. The van der Waals surface area contributed by atoms with E-state index in [2.05, 4.69) is 62.5 Å². The number of hydrogen-bond acceptors (Lipinski definition) is 1. The lowest BCUT2D eigenvalue weighted by atomic mass is 10.0. The van der Waals surface area contributed by atoms with E-state index in [9.17, 15) is 0 Å². The predicted molar refractivity (Wildman–Crippen MR) is 92.0 cm³/mol. The van der Waals surface area contributed by atoms with Crippen molar-refractivity contribution in [3.8, 4) is 0 Å². The first-order valence-corrected chi connectivity index (χ1v) is 7.99. The molecule has 2 atom stereocenters. The van der Waals surface area contributed by atoms with Crippen LogP contribution in [0, 0.1) is 6.92 Å². The Morgan fingerprint density at radius 2 is 1.76 bits per heavy atom. The summed E-state index contributed by atoms with van der Waals surface area (Å²) in [5.74, 6) is 0. The van der Waals surface area contributed by atoms with Crippen molar-refractivity contribution in [3.05, 3.63) is 70.2 Å². The summed E-state index contributed by atoms with van der Waals surface area (Å²) in [6.07, 6.45) is 2.25. The minimum Gasteiger partial charge on any atom is -0.308 e. The third-order valence-corrected chi connectivity index (χ3v) is 4.11. The Labute approximate surface area is 133 Å². The second kappa shape index (κ2) is 7.63. The van der Waals surface area contributed by atoms with E-state index in [0.29, 0.717) is 12.1 Å². The van der Waals surface area contributed by atoms with Gasteiger partial charge in [0.1, 0.15) is 0 Å². The monoisotopic (exact) mass is 301 g/mol. The summed E-state index contributed by atoms with van der Waals surface area (Å²) in [5, 5.41) is 4.45. The van der Waals surface area contributed by atoms with Crippen molar-refractivity contribution in [3.63, 3.8) is 0 Å². The van der Waals surface area contributed by atoms with Crippen LogP contribution < -0.4 is 5.32 Å². The van der Waals surface area contributed by atoms with Crippen molar-refractivity contribution in [1.29, 1.82) is 0 Å². The molecular formula is C19H24ClN. The van der Waals surface area contributed by atoms with Crippen LogP contribution in [-0.2, 0) is 6.42 Å². The average Bonchev–Trinajstić information content (AvgIpc) is 2.46. The maximum Gasteiger partial charge on any atom is 0.0406 e. The Bertz CT molecular complexity index is 562. The minimum absolute atomic E-state index is 0.342. The van der Waals surface area contributed by atoms with Gasteiger partial charge in [0.15, 0.2) is 0 Å². The molecule has 2 aromatic rings. The van der Waals surface area contributed by atoms with Gasteiger partial charge in [0, 0.05) is 17.1 Å². The molecule has 0 heterocycles. The van der Waals surface area contributed by atoms with Gasteiger partial charge in [-0.25, -0.2) is 0 Å². The van der Waals surface area contributed by atoms with Gasteiger partial charge in [-0.1, -0.05) is 53.6 Å². The highest BCUT2D eigenvalue weighted by Gasteiger charge is 2.09. The number of hydrogen-bond donors (Lipinski definition) is 1. The minimum atomic E-state index is 0.342. The smallest absolute Gasteiger partial charge is 0.0406 e. The molecular weight excluding hydrogens is 278 g/mol. The topological polar surface area (TPSA) is 12.0 Å². The fourth-order valence-corrected chi connectivity index (χ4v) is 2.73. The standard InChI is InChI=1S/C19H24ClN/c1-14-5-4-6-17(13-14)8-7-15(2)21-16(3)18-9-11-19(20)12-10-18/h4-6,9-13,15-16,21H,7-8H2,1-3H3/t15?,16-/m1/s1. The molecule has 0 bridgehead atoms. The summed E-state index contributed by atoms with van der Waals surface area (Å²) in [5.41, 5.74) is 4.03. The number of aryl methyl sites for hydroxylation is 2. The van der Waals surface area contributed by atoms with Crippen LogP contribution in [0.3, 0.4) is 0 Å². The van der Waals surface area contributed by atoms with E-state index < -0.39 is 0 Å². The summed E-state index contributed by atoms with van der Waals surface area (Å²) in [4.78, 5) is 0. The number of benzene rings is 2. The van der Waals surface area contributed by atoms with Crippen molar-refractivity contribution < 1.29 is 0 Å². The van der Waals surface area contributed by atoms with Gasteiger partial charge in [-0.2, -0.15) is 0 Å². The molecule has 2 rings (SSSR count). The summed E-state index contributed by atoms with van der Waals surface area (Å²) < 4.78 is 0. The Morgan fingerprint density at radius 1 is 1.05 bits per heavy atom. The third-order valence-electron chi connectivity index (χ3n) is 3.85. The van der Waals surface area contributed by atoms with Gasteiger partial charge in [-0.15, -0.1) is 0 Å². The van der Waals surface area contributed by atoms with Crippen LogP contribution in [0.15, 0.2) is 48.5 Å². The van der Waals surface area contributed by atoms with E-state index in [4.69, 9.17) is 11.6 Å². The molecule has 0 aliphatic rings. The molecule has 1 nitrogen and oxygen atoms in total. The van der Waals surface area contributed by atoms with Crippen molar-refractivity contribution >= 4 is 11.6 Å². The molecule has 0 saturated carbocycles. The van der Waals surface area contributed by atoms with Gasteiger partial charge in [0.05, 0.1) is 0 Å². The summed E-state index contributed by atoms with van der Waals surface area (Å²) in [7, 11) is 0. The second-order valence-corrected chi connectivity index (χ2v) is 6.31. The molecule has 112 valence electrons. The van der Waals surface area contributed by atoms with Crippen LogP contribution in [0.1, 0.15) is 43.0 Å². The molecule has 2 aromatic carbocycles. The number of halogens is 1. The van der Waals surface area contributed by atoms with Crippen molar-refractivity contribution in [2.24, 2.45) is 0 Å². The maximum absolute atomic E-state index is 5.93. The molecule has 0 amide bonds. The highest BCUT2D eigenvalue weighted by atomic mass is 35.5. The third kappa shape index (κ3) is 5.18. The molecule has 0 spiro atoms. The first-order valence-electron chi connectivity index (χ1n) is 7.61. The highest BCUT2D eigenvalue weighted by Crippen LogP contribution is 2.17. The van der Waals surface area contributed by atoms with Gasteiger partial charge < -0.3 is 5.32 Å². The van der Waals surface area contributed by atoms with Gasteiger partial charge in [0.25, 0.3) is 0 Å². The average molecular weight is 302 g/mol. The highest BCUT2D eigenvalue weighted by molar-refractivity contribution is 6.30. The van der Waals surface area contributed by atoms with Crippen LogP contribution >= 0.6 is 11.6 Å². The van der Waals surface area contributed by atoms with E-state index in [1.165, 1.54) is 16.7 Å². The van der Waals surface area contributed by atoms with E-state index in [1.807, 2.05) is 12.1 Å². The zero-order valence-electron chi connectivity index (χ0n) is 13.1. The quantitative estimate of drug-likeness (QED) is 0.761. The normalized spacial score (nSPS) is 13.9. The summed E-state index contributed by atoms with van der Waals surface area (Å²) in [6.45, 7) is 6.60. The molecule has 21 heavy (non-hydrogen) atoms. The van der Waals surface area contributed by atoms with Crippen LogP contribution in [0.5, 0.6) is 0 Å². The van der Waals surface area contributed by atoms with Crippen LogP contribution in [0.4, 0.5) is 0 Å². The molecule has 1 N–H and O–H groups in total. The molecule has 2 heteroatoms. The van der Waals surface area contributed by atoms with E-state index in [1.54, 1.807) is 0 Å². The van der Waals surface area contributed by atoms with Crippen molar-refractivity contribution in [1.82, 2.24) is 5.32 Å². The molecule has 1 unspecified atom stereocenters. The Kier molecular flexibility index (Phi) is 5.84. The van der Waals surface area contributed by atoms with Gasteiger partial charge in [-0.05, 0) is 56.9 Å². The van der Waals surface area contributed by atoms with Crippen LogP contribution in [0.25, 0.3) is 0 Å². The summed E-state index contributed by atoms with van der Waals surface area (Å²) in [6, 6.07) is 17.7. The van der Waals surface area contributed by atoms with Crippen LogP contribution in [-0.4, -0.2) is 6.04 Å². The van der Waals surface area contributed by atoms with E-state index in [0.717, 1.165) is 17.9 Å². The fourth-order valence-electron chi connectivity index (χ4n) is 2.61. The molecule has 0 aromatic heterocycles. The van der Waals surface area contributed by atoms with Gasteiger partial charge >= 0.3 is 0 Å². The molecule has 0 fully saturated rings. The van der Waals surface area contributed by atoms with Crippen LogP contribution in [0.2, 0.25) is 5.02 Å². The fraction of sp³-hybridized carbons (Fsp3) is 0.368. The molecule has 0 radical (unpaired) electrons. The van der Waals surface area contributed by atoms with Gasteiger partial charge in [-0.3, -0.25) is 0 Å². The van der Waals surface area contributed by atoms with E-state index >= 15 is 0 Å². The van der Waals surface area contributed by atoms with Gasteiger partial charge in [0.2, 0.25) is 0 Å². The number of rotatable bonds is 6. The molecule has 0 saturated heterocycles. The Hall–Kier alpha value is -1.31. The molecule has 0 aliphatic carbocycles. The lowest BCUT2D eigenvalue weighted by Gasteiger charge is -2.20. The zero-order chi connectivity index (χ0) is 15.2. The predicted octanol–water partition coefficient (Wildman–Crippen LogP) is 5.32. The largest absolute Gasteiger partial charge is 0.308 e. The summed E-state index contributed by atoms with van der Waals surface area (Å²) >= 11 is 5.93. The Balaban J connectivity index is 1.83. The van der Waals surface area contributed by atoms with E-state index in [-0.39, 0.29) is 0 Å². The lowest BCUT2D eigenvalue weighted by molar-refractivity contribution is 0.456. The maximum atomic E-state index is 5.93. The molecule has 0 aliphatic heterocycles. The number of nitrogens with one attached hydrogen (secondary N) is 1. The second-order valence-electron chi connectivity index (χ2n) is 5.87. The zero-order valence-corrected chi connectivity index (χ0v) is 13.8. The van der Waals surface area contributed by atoms with Crippen molar-refractivity contribution in [2.45, 2.75) is 45.7 Å².